The summed E-state index contributed by atoms with van der Waals surface area (Å²) in [5.41, 5.74) is 5.90. The number of nitrogens with two attached hydrogens (primary N) is 1. The summed E-state index contributed by atoms with van der Waals surface area (Å²) in [5, 5.41) is 14.5. The second-order valence-electron chi connectivity index (χ2n) is 6.03. The SMILES string of the molecule is CNS(=O)(=O)c1ccc(NC(CN)C2CCCCC2)c([N+](=O)[O-])c1. The van der Waals surface area contributed by atoms with Gasteiger partial charge in [-0.05, 0) is 37.9 Å². The van der Waals surface area contributed by atoms with E-state index in [0.717, 1.165) is 31.7 Å². The van der Waals surface area contributed by atoms with Crippen molar-refractivity contribution in [2.45, 2.75) is 43.0 Å². The zero-order chi connectivity index (χ0) is 17.7. The van der Waals surface area contributed by atoms with E-state index in [9.17, 15) is 18.5 Å². The first-order chi connectivity index (χ1) is 11.4. The van der Waals surface area contributed by atoms with E-state index in [1.807, 2.05) is 0 Å². The minimum absolute atomic E-state index is 0.0595. The Labute approximate surface area is 142 Å². The van der Waals surface area contributed by atoms with Crippen LogP contribution in [0, 0.1) is 16.0 Å². The summed E-state index contributed by atoms with van der Waals surface area (Å²) >= 11 is 0. The van der Waals surface area contributed by atoms with Gasteiger partial charge in [0.1, 0.15) is 5.69 Å². The fraction of sp³-hybridized carbons (Fsp3) is 0.600. The first-order valence-electron chi connectivity index (χ1n) is 8.07. The van der Waals surface area contributed by atoms with Gasteiger partial charge in [-0.15, -0.1) is 0 Å². The number of hydrogen-bond acceptors (Lipinski definition) is 6. The third kappa shape index (κ3) is 4.22. The number of sulfonamides is 1. The Morgan fingerprint density at radius 1 is 1.33 bits per heavy atom. The summed E-state index contributed by atoms with van der Waals surface area (Å²) in [6.45, 7) is 0.373. The maximum atomic E-state index is 11.8. The summed E-state index contributed by atoms with van der Waals surface area (Å²) in [5.74, 6) is 0.379. The highest BCUT2D eigenvalue weighted by atomic mass is 32.2. The standard InChI is InChI=1S/C15H24N4O4S/c1-17-24(22,23)12-7-8-13(15(9-12)19(20)21)18-14(10-16)11-5-3-2-4-6-11/h7-9,11,14,17-18H,2-6,10,16H2,1H3. The van der Waals surface area contributed by atoms with Crippen molar-refractivity contribution >= 4 is 21.4 Å². The van der Waals surface area contributed by atoms with E-state index in [-0.39, 0.29) is 16.6 Å². The maximum Gasteiger partial charge on any atom is 0.293 e. The van der Waals surface area contributed by atoms with Crippen LogP contribution in [0.5, 0.6) is 0 Å². The lowest BCUT2D eigenvalue weighted by molar-refractivity contribution is -0.384. The molecule has 0 aromatic heterocycles. The van der Waals surface area contributed by atoms with Gasteiger partial charge in [0, 0.05) is 18.7 Å². The van der Waals surface area contributed by atoms with Crippen LogP contribution in [0.1, 0.15) is 32.1 Å². The van der Waals surface area contributed by atoms with Crippen LogP contribution in [0.15, 0.2) is 23.1 Å². The summed E-state index contributed by atoms with van der Waals surface area (Å²) in [6.07, 6.45) is 5.60. The van der Waals surface area contributed by atoms with E-state index < -0.39 is 14.9 Å². The number of nitrogens with one attached hydrogen (secondary N) is 2. The second-order valence-corrected chi connectivity index (χ2v) is 7.91. The largest absolute Gasteiger partial charge is 0.375 e. The van der Waals surface area contributed by atoms with Gasteiger partial charge in [0.05, 0.1) is 9.82 Å². The van der Waals surface area contributed by atoms with Crippen LogP contribution >= 0.6 is 0 Å². The van der Waals surface area contributed by atoms with Crippen molar-refractivity contribution in [3.63, 3.8) is 0 Å². The normalized spacial score (nSPS) is 17.4. The van der Waals surface area contributed by atoms with Crippen molar-refractivity contribution in [3.05, 3.63) is 28.3 Å². The minimum Gasteiger partial charge on any atom is -0.375 e. The Kier molecular flexibility index (Phi) is 6.14. The third-order valence-electron chi connectivity index (χ3n) is 4.56. The van der Waals surface area contributed by atoms with E-state index in [2.05, 4.69) is 10.0 Å². The molecule has 9 heteroatoms. The summed E-state index contributed by atoms with van der Waals surface area (Å²) in [7, 11) is -2.47. The van der Waals surface area contributed by atoms with Gasteiger partial charge in [0.15, 0.2) is 0 Å². The molecule has 1 aliphatic carbocycles. The molecule has 1 aromatic carbocycles. The minimum atomic E-state index is -3.73. The third-order valence-corrected chi connectivity index (χ3v) is 5.97. The second kappa shape index (κ2) is 7.91. The number of anilines is 1. The van der Waals surface area contributed by atoms with Crippen LogP contribution in [0.3, 0.4) is 0 Å². The quantitative estimate of drug-likeness (QED) is 0.505. The predicted molar refractivity (Wildman–Crippen MR) is 92.4 cm³/mol. The lowest BCUT2D eigenvalue weighted by atomic mass is 9.84. The molecular formula is C15H24N4O4S. The molecule has 1 aliphatic rings. The molecular weight excluding hydrogens is 332 g/mol. The Morgan fingerprint density at radius 2 is 2.00 bits per heavy atom. The summed E-state index contributed by atoms with van der Waals surface area (Å²) in [6, 6.07) is 3.81. The van der Waals surface area contributed by atoms with Crippen LogP contribution in [0.2, 0.25) is 0 Å². The average molecular weight is 356 g/mol. The Balaban J connectivity index is 2.30. The molecule has 1 atom stereocenters. The predicted octanol–water partition coefficient (Wildman–Crippen LogP) is 1.82. The molecule has 0 saturated heterocycles. The molecule has 0 spiro atoms. The Morgan fingerprint density at radius 3 is 2.54 bits per heavy atom. The zero-order valence-electron chi connectivity index (χ0n) is 13.7. The van der Waals surface area contributed by atoms with E-state index in [4.69, 9.17) is 5.73 Å². The molecule has 134 valence electrons. The molecule has 24 heavy (non-hydrogen) atoms. The number of rotatable bonds is 7. The van der Waals surface area contributed by atoms with Crippen molar-refractivity contribution in [3.8, 4) is 0 Å². The first kappa shape index (κ1) is 18.6. The van der Waals surface area contributed by atoms with E-state index in [0.29, 0.717) is 18.2 Å². The maximum absolute atomic E-state index is 11.8. The van der Waals surface area contributed by atoms with Gasteiger partial charge in [0.2, 0.25) is 10.0 Å². The van der Waals surface area contributed by atoms with Crippen molar-refractivity contribution in [1.29, 1.82) is 0 Å². The molecule has 1 fully saturated rings. The number of nitro groups is 1. The van der Waals surface area contributed by atoms with E-state index in [1.165, 1.54) is 25.6 Å². The fourth-order valence-corrected chi connectivity index (χ4v) is 3.92. The molecule has 0 amide bonds. The van der Waals surface area contributed by atoms with Gasteiger partial charge in [0.25, 0.3) is 5.69 Å². The number of nitro benzene ring substituents is 1. The average Bonchev–Trinajstić information content (AvgIpc) is 2.60. The van der Waals surface area contributed by atoms with Crippen LogP contribution in [-0.2, 0) is 10.0 Å². The number of benzene rings is 1. The van der Waals surface area contributed by atoms with Gasteiger partial charge in [-0.3, -0.25) is 10.1 Å². The molecule has 1 unspecified atom stereocenters. The van der Waals surface area contributed by atoms with Gasteiger partial charge in [-0.25, -0.2) is 13.1 Å². The van der Waals surface area contributed by atoms with Gasteiger partial charge >= 0.3 is 0 Å². The van der Waals surface area contributed by atoms with Crippen molar-refractivity contribution in [1.82, 2.24) is 4.72 Å². The monoisotopic (exact) mass is 356 g/mol. The summed E-state index contributed by atoms with van der Waals surface area (Å²) in [4.78, 5) is 10.6. The van der Waals surface area contributed by atoms with E-state index in [1.54, 1.807) is 0 Å². The van der Waals surface area contributed by atoms with Gasteiger partial charge in [-0.1, -0.05) is 19.3 Å². The van der Waals surface area contributed by atoms with Crippen LogP contribution < -0.4 is 15.8 Å². The molecule has 0 bridgehead atoms. The highest BCUT2D eigenvalue weighted by Gasteiger charge is 2.26. The molecule has 0 aliphatic heterocycles. The Bertz CT molecular complexity index is 687. The molecule has 1 aromatic rings. The molecule has 1 saturated carbocycles. The molecule has 4 N–H and O–H groups in total. The van der Waals surface area contributed by atoms with Crippen LogP contribution in [-0.4, -0.2) is 33.0 Å². The van der Waals surface area contributed by atoms with Crippen molar-refractivity contribution in [2.24, 2.45) is 11.7 Å². The van der Waals surface area contributed by atoms with E-state index >= 15 is 0 Å². The topological polar surface area (TPSA) is 127 Å². The first-order valence-corrected chi connectivity index (χ1v) is 9.56. The molecule has 2 rings (SSSR count). The highest BCUT2D eigenvalue weighted by molar-refractivity contribution is 7.89. The van der Waals surface area contributed by atoms with Crippen molar-refractivity contribution in [2.75, 3.05) is 18.9 Å². The fourth-order valence-electron chi connectivity index (χ4n) is 3.18. The number of hydrogen-bond donors (Lipinski definition) is 3. The van der Waals surface area contributed by atoms with Gasteiger partial charge in [-0.2, -0.15) is 0 Å². The van der Waals surface area contributed by atoms with Gasteiger partial charge < -0.3 is 11.1 Å². The smallest absolute Gasteiger partial charge is 0.293 e. The van der Waals surface area contributed by atoms with Crippen LogP contribution in [0.25, 0.3) is 0 Å². The lowest BCUT2D eigenvalue weighted by Crippen LogP contribution is -2.37. The lowest BCUT2D eigenvalue weighted by Gasteiger charge is -2.30. The Hall–Kier alpha value is -1.71. The molecule has 0 heterocycles. The highest BCUT2D eigenvalue weighted by Crippen LogP contribution is 2.32. The molecule has 0 radical (unpaired) electrons. The zero-order valence-corrected chi connectivity index (χ0v) is 14.5. The van der Waals surface area contributed by atoms with Crippen LogP contribution in [0.4, 0.5) is 11.4 Å². The summed E-state index contributed by atoms with van der Waals surface area (Å²) < 4.78 is 25.8. The molecule has 8 nitrogen and oxygen atoms in total. The van der Waals surface area contributed by atoms with Crippen molar-refractivity contribution < 1.29 is 13.3 Å². The number of nitrogens with zero attached hydrogens (tertiary/aromatic N) is 1.